The zero-order chi connectivity index (χ0) is 12.2. The van der Waals surface area contributed by atoms with Gasteiger partial charge in [0.25, 0.3) is 0 Å². The van der Waals surface area contributed by atoms with Gasteiger partial charge < -0.3 is 4.74 Å². The van der Waals surface area contributed by atoms with Crippen LogP contribution in [0.15, 0.2) is 0 Å². The number of halogens is 1. The summed E-state index contributed by atoms with van der Waals surface area (Å²) in [6.07, 6.45) is 4.55. The van der Waals surface area contributed by atoms with Gasteiger partial charge in [-0.05, 0) is 12.8 Å². The quantitative estimate of drug-likeness (QED) is 0.578. The Morgan fingerprint density at radius 1 is 1.31 bits per heavy atom. The SMILES string of the molecule is CC(=O)OCC1(CS(=O)(=O)Cl)CCCCC1. The summed E-state index contributed by atoms with van der Waals surface area (Å²) in [4.78, 5) is 10.8. The summed E-state index contributed by atoms with van der Waals surface area (Å²) in [6, 6.07) is 0. The van der Waals surface area contributed by atoms with Gasteiger partial charge in [-0.3, -0.25) is 4.79 Å². The van der Waals surface area contributed by atoms with Gasteiger partial charge in [-0.1, -0.05) is 19.3 Å². The maximum absolute atomic E-state index is 11.2. The molecule has 0 N–H and O–H groups in total. The van der Waals surface area contributed by atoms with Crippen molar-refractivity contribution in [1.29, 1.82) is 0 Å². The Balaban J connectivity index is 2.71. The van der Waals surface area contributed by atoms with Crippen LogP contribution >= 0.6 is 10.7 Å². The lowest BCUT2D eigenvalue weighted by atomic mass is 9.76. The lowest BCUT2D eigenvalue weighted by Gasteiger charge is -2.35. The number of rotatable bonds is 4. The molecule has 0 saturated heterocycles. The highest BCUT2D eigenvalue weighted by Crippen LogP contribution is 2.38. The Morgan fingerprint density at radius 3 is 2.31 bits per heavy atom. The second kappa shape index (κ2) is 5.36. The number of ether oxygens (including phenoxy) is 1. The van der Waals surface area contributed by atoms with Crippen LogP contribution in [0.1, 0.15) is 39.0 Å². The van der Waals surface area contributed by atoms with Crippen molar-refractivity contribution in [1.82, 2.24) is 0 Å². The van der Waals surface area contributed by atoms with E-state index < -0.39 is 14.5 Å². The van der Waals surface area contributed by atoms with E-state index in [2.05, 4.69) is 0 Å². The maximum Gasteiger partial charge on any atom is 0.302 e. The number of hydrogen-bond acceptors (Lipinski definition) is 4. The number of hydrogen-bond donors (Lipinski definition) is 0. The summed E-state index contributed by atoms with van der Waals surface area (Å²) in [7, 11) is 1.75. The van der Waals surface area contributed by atoms with Gasteiger partial charge in [0.2, 0.25) is 9.05 Å². The molecule has 0 aromatic carbocycles. The highest BCUT2D eigenvalue weighted by Gasteiger charge is 2.37. The van der Waals surface area contributed by atoms with Gasteiger partial charge in [0.1, 0.15) is 0 Å². The van der Waals surface area contributed by atoms with Crippen LogP contribution in [0.2, 0.25) is 0 Å². The minimum atomic E-state index is -3.55. The number of esters is 1. The minimum absolute atomic E-state index is 0.102. The normalized spacial score (nSPS) is 20.4. The second-order valence-corrected chi connectivity index (χ2v) is 7.30. The van der Waals surface area contributed by atoms with Crippen molar-refractivity contribution in [2.75, 3.05) is 12.4 Å². The van der Waals surface area contributed by atoms with Gasteiger partial charge >= 0.3 is 5.97 Å². The van der Waals surface area contributed by atoms with Crippen LogP contribution in [0.5, 0.6) is 0 Å². The fourth-order valence-corrected chi connectivity index (χ4v) is 4.05. The van der Waals surface area contributed by atoms with Gasteiger partial charge in [-0.15, -0.1) is 0 Å². The van der Waals surface area contributed by atoms with Gasteiger partial charge in [-0.25, -0.2) is 8.42 Å². The molecule has 0 aromatic heterocycles. The Hall–Kier alpha value is -0.290. The molecule has 1 aliphatic rings. The molecular weight excluding hydrogens is 252 g/mol. The van der Waals surface area contributed by atoms with E-state index >= 15 is 0 Å². The van der Waals surface area contributed by atoms with Crippen molar-refractivity contribution in [2.45, 2.75) is 39.0 Å². The molecule has 1 saturated carbocycles. The molecule has 16 heavy (non-hydrogen) atoms. The fourth-order valence-electron chi connectivity index (χ4n) is 2.25. The molecule has 0 spiro atoms. The van der Waals surface area contributed by atoms with Crippen molar-refractivity contribution in [3.05, 3.63) is 0 Å². The molecule has 0 heterocycles. The topological polar surface area (TPSA) is 60.4 Å². The van der Waals surface area contributed by atoms with Crippen molar-refractivity contribution in [2.24, 2.45) is 5.41 Å². The third kappa shape index (κ3) is 4.70. The predicted molar refractivity (Wildman–Crippen MR) is 61.8 cm³/mol. The summed E-state index contributed by atoms with van der Waals surface area (Å²) in [5.74, 6) is -0.480. The van der Waals surface area contributed by atoms with Crippen LogP contribution in [0.3, 0.4) is 0 Å². The van der Waals surface area contributed by atoms with E-state index in [9.17, 15) is 13.2 Å². The molecule has 0 aromatic rings. The summed E-state index contributed by atoms with van der Waals surface area (Å²) in [5.41, 5.74) is -0.468. The number of carbonyl (C=O) groups is 1. The lowest BCUT2D eigenvalue weighted by molar-refractivity contribution is -0.144. The molecule has 94 valence electrons. The van der Waals surface area contributed by atoms with Gasteiger partial charge in [0.15, 0.2) is 0 Å². The first-order valence-electron chi connectivity index (χ1n) is 5.39. The van der Waals surface area contributed by atoms with Crippen molar-refractivity contribution >= 4 is 25.7 Å². The van der Waals surface area contributed by atoms with E-state index in [0.717, 1.165) is 32.1 Å². The summed E-state index contributed by atoms with van der Waals surface area (Å²) >= 11 is 0. The molecule has 6 heteroatoms. The molecule has 1 aliphatic carbocycles. The first-order valence-corrected chi connectivity index (χ1v) is 7.87. The molecule has 0 aliphatic heterocycles. The molecule has 0 bridgehead atoms. The average molecular weight is 269 g/mol. The highest BCUT2D eigenvalue weighted by atomic mass is 35.7. The molecule has 4 nitrogen and oxygen atoms in total. The van der Waals surface area contributed by atoms with Gasteiger partial charge in [0.05, 0.1) is 12.4 Å². The first-order chi connectivity index (χ1) is 7.33. The lowest BCUT2D eigenvalue weighted by Crippen LogP contribution is -2.36. The Labute approximate surface area is 101 Å². The van der Waals surface area contributed by atoms with Crippen molar-refractivity contribution < 1.29 is 17.9 Å². The fraction of sp³-hybridized carbons (Fsp3) is 0.900. The second-order valence-electron chi connectivity index (χ2n) is 4.52. The van der Waals surface area contributed by atoms with E-state index in [1.807, 2.05) is 0 Å². The first kappa shape index (κ1) is 13.8. The minimum Gasteiger partial charge on any atom is -0.465 e. The van der Waals surface area contributed by atoms with E-state index in [-0.39, 0.29) is 18.3 Å². The smallest absolute Gasteiger partial charge is 0.302 e. The summed E-state index contributed by atoms with van der Waals surface area (Å²) in [5, 5.41) is 0. The third-order valence-electron chi connectivity index (χ3n) is 2.97. The summed E-state index contributed by atoms with van der Waals surface area (Å²) < 4.78 is 27.3. The monoisotopic (exact) mass is 268 g/mol. The molecular formula is C10H17ClO4S. The molecule has 0 atom stereocenters. The van der Waals surface area contributed by atoms with E-state index in [1.165, 1.54) is 6.92 Å². The maximum atomic E-state index is 11.2. The largest absolute Gasteiger partial charge is 0.465 e. The number of carbonyl (C=O) groups excluding carboxylic acids is 1. The van der Waals surface area contributed by atoms with E-state index in [4.69, 9.17) is 15.4 Å². The Morgan fingerprint density at radius 2 is 1.88 bits per heavy atom. The third-order valence-corrected chi connectivity index (χ3v) is 4.26. The Kier molecular flexibility index (Phi) is 4.62. The van der Waals surface area contributed by atoms with Crippen LogP contribution in [0, 0.1) is 5.41 Å². The predicted octanol–water partition coefficient (Wildman–Crippen LogP) is 2.07. The van der Waals surface area contributed by atoms with Gasteiger partial charge in [-0.2, -0.15) is 0 Å². The van der Waals surface area contributed by atoms with Crippen molar-refractivity contribution in [3.8, 4) is 0 Å². The standard InChI is InChI=1S/C10H17ClO4S/c1-9(12)15-7-10(8-16(11,13)14)5-3-2-4-6-10/h2-8H2,1H3. The van der Waals surface area contributed by atoms with E-state index in [0.29, 0.717) is 0 Å². The molecule has 1 fully saturated rings. The molecule has 0 amide bonds. The van der Waals surface area contributed by atoms with Crippen molar-refractivity contribution in [3.63, 3.8) is 0 Å². The van der Waals surface area contributed by atoms with Crippen LogP contribution in [-0.4, -0.2) is 26.7 Å². The molecule has 0 unspecified atom stereocenters. The zero-order valence-corrected chi connectivity index (χ0v) is 10.9. The average Bonchev–Trinajstić information content (AvgIpc) is 2.14. The van der Waals surface area contributed by atoms with Crippen LogP contribution in [-0.2, 0) is 18.6 Å². The summed E-state index contributed by atoms with van der Waals surface area (Å²) in [6.45, 7) is 1.49. The van der Waals surface area contributed by atoms with E-state index in [1.54, 1.807) is 0 Å². The highest BCUT2D eigenvalue weighted by molar-refractivity contribution is 8.13. The van der Waals surface area contributed by atoms with Crippen LogP contribution in [0.25, 0.3) is 0 Å². The van der Waals surface area contributed by atoms with Gasteiger partial charge in [0, 0.05) is 23.0 Å². The van der Waals surface area contributed by atoms with Crippen LogP contribution < -0.4 is 0 Å². The zero-order valence-electron chi connectivity index (χ0n) is 9.37. The molecule has 1 rings (SSSR count). The Bertz CT molecular complexity index is 344. The van der Waals surface area contributed by atoms with Crippen LogP contribution in [0.4, 0.5) is 0 Å². The molecule has 0 radical (unpaired) electrons.